The van der Waals surface area contributed by atoms with Crippen LogP contribution in [0.15, 0.2) is 48.5 Å². The molecule has 12 nitrogen and oxygen atoms in total. The molecule has 1 aliphatic rings. The fourth-order valence-electron chi connectivity index (χ4n) is 10.4. The van der Waals surface area contributed by atoms with Crippen molar-refractivity contribution in [3.8, 4) is 0 Å². The number of nitrogens with zero attached hydrogens (tertiary/aromatic N) is 2. The number of aliphatic hydroxyl groups is 2. The van der Waals surface area contributed by atoms with Crippen LogP contribution in [-0.4, -0.2) is 54.2 Å². The van der Waals surface area contributed by atoms with Crippen LogP contribution < -0.4 is 0 Å². The van der Waals surface area contributed by atoms with Crippen LogP contribution >= 0.6 is 0 Å². The zero-order valence-electron chi connectivity index (χ0n) is 41.1. The van der Waals surface area contributed by atoms with E-state index in [9.17, 15) is 20.2 Å². The number of nitro benzene ring substituents is 2. The molecule has 0 unspecified atom stereocenters. The topological polar surface area (TPSA) is 190 Å². The van der Waals surface area contributed by atoms with Crippen LogP contribution in [0.2, 0.25) is 0 Å². The van der Waals surface area contributed by atoms with Gasteiger partial charge in [0.2, 0.25) is 0 Å². The molecule has 7 rings (SSSR count). The lowest BCUT2D eigenvalue weighted by molar-refractivity contribution is -0.385. The molecule has 12 heteroatoms. The summed E-state index contributed by atoms with van der Waals surface area (Å²) in [7, 11) is 2.00. The standard InChI is InChI=1S/C52H66N6O4.2CH4O/c1-9-13-23-39-31(5)49-47(35-19-17-21-37(27-35)57(59)60)50-33(7)41(25-15-11-3)45(55-50)30-46-42(26-16-12-4)34(8)52(56-46)48(36-20-18-22-38(28-36)58(61)62)51-32(6)40(24-14-10-2)44(54-51)29-43(39)53-49;2*1-2/h17-22,27-28,47-48,53-56H,9-16,23-26,29-30H2,1-8H3;2*2H,1H3. The first-order valence-electron chi connectivity index (χ1n) is 24.1. The Balaban J connectivity index is 0.00000199. The first-order chi connectivity index (χ1) is 31.9. The van der Waals surface area contributed by atoms with E-state index in [1.165, 1.54) is 67.3 Å². The lowest BCUT2D eigenvalue weighted by Gasteiger charge is -2.19. The molecule has 8 bridgehead atoms. The minimum Gasteiger partial charge on any atom is -0.400 e. The normalized spacial score (nSPS) is 14.3. The fraction of sp³-hybridized carbons (Fsp3) is 0.481. The molecule has 4 aromatic heterocycles. The maximum Gasteiger partial charge on any atom is 0.269 e. The van der Waals surface area contributed by atoms with Crippen molar-refractivity contribution >= 4 is 11.4 Å². The van der Waals surface area contributed by atoms with Crippen molar-refractivity contribution in [3.63, 3.8) is 0 Å². The van der Waals surface area contributed by atoms with Gasteiger partial charge in [-0.2, -0.15) is 0 Å². The van der Waals surface area contributed by atoms with Gasteiger partial charge in [-0.15, -0.1) is 0 Å². The number of aromatic nitrogens is 4. The first kappa shape index (κ1) is 51.3. The van der Waals surface area contributed by atoms with Crippen LogP contribution in [-0.2, 0) is 38.5 Å². The van der Waals surface area contributed by atoms with Crippen molar-refractivity contribution in [2.75, 3.05) is 14.2 Å². The van der Waals surface area contributed by atoms with Crippen molar-refractivity contribution in [2.24, 2.45) is 0 Å². The Labute approximate surface area is 391 Å². The van der Waals surface area contributed by atoms with Crippen LogP contribution in [0.3, 0.4) is 0 Å². The average molecular weight is 903 g/mol. The summed E-state index contributed by atoms with van der Waals surface area (Å²) in [5.74, 6) is -0.573. The molecule has 0 amide bonds. The lowest BCUT2D eigenvalue weighted by Crippen LogP contribution is -2.09. The summed E-state index contributed by atoms with van der Waals surface area (Å²) in [6.45, 7) is 17.9. The number of aromatic amines is 4. The molecule has 0 saturated heterocycles. The molecule has 6 N–H and O–H groups in total. The molecule has 5 heterocycles. The minimum absolute atomic E-state index is 0.0872. The third-order valence-corrected chi connectivity index (χ3v) is 13.8. The van der Waals surface area contributed by atoms with E-state index >= 15 is 0 Å². The van der Waals surface area contributed by atoms with Gasteiger partial charge >= 0.3 is 0 Å². The molecule has 0 aliphatic carbocycles. The molecule has 66 heavy (non-hydrogen) atoms. The molecule has 2 aromatic carbocycles. The molecular weight excluding hydrogens is 829 g/mol. The van der Waals surface area contributed by atoms with Crippen molar-refractivity contribution < 1.29 is 20.1 Å². The smallest absolute Gasteiger partial charge is 0.269 e. The molecular formula is C54H74N6O6. The molecule has 0 saturated carbocycles. The van der Waals surface area contributed by atoms with Gasteiger partial charge in [0, 0.05) is 96.9 Å². The molecule has 356 valence electrons. The largest absolute Gasteiger partial charge is 0.400 e. The Morgan fingerprint density at radius 2 is 0.742 bits per heavy atom. The predicted octanol–water partition coefficient (Wildman–Crippen LogP) is 12.5. The number of fused-ring (bicyclic) bond motifs is 8. The van der Waals surface area contributed by atoms with Gasteiger partial charge in [0.1, 0.15) is 0 Å². The van der Waals surface area contributed by atoms with E-state index in [1.54, 1.807) is 24.3 Å². The van der Waals surface area contributed by atoms with Gasteiger partial charge in [0.05, 0.1) is 21.7 Å². The molecule has 0 radical (unpaired) electrons. The number of benzene rings is 2. The number of H-pyrrole nitrogens is 4. The van der Waals surface area contributed by atoms with E-state index in [-0.39, 0.29) is 33.1 Å². The second-order valence-electron chi connectivity index (χ2n) is 17.8. The molecule has 0 spiro atoms. The number of hydrogen-bond donors (Lipinski definition) is 6. The molecule has 0 atom stereocenters. The van der Waals surface area contributed by atoms with Crippen molar-refractivity contribution in [1.29, 1.82) is 0 Å². The zero-order valence-corrected chi connectivity index (χ0v) is 41.1. The summed E-state index contributed by atoms with van der Waals surface area (Å²) in [6, 6.07) is 14.5. The van der Waals surface area contributed by atoms with Gasteiger partial charge in [-0.1, -0.05) is 77.6 Å². The van der Waals surface area contributed by atoms with Crippen molar-refractivity contribution in [3.05, 3.63) is 170 Å². The average Bonchev–Trinajstić information content (AvgIpc) is 4.01. The summed E-state index contributed by atoms with van der Waals surface area (Å²) in [5.41, 5.74) is 21.0. The van der Waals surface area contributed by atoms with E-state index in [4.69, 9.17) is 10.2 Å². The van der Waals surface area contributed by atoms with E-state index in [1.807, 2.05) is 24.3 Å². The van der Waals surface area contributed by atoms with Crippen molar-refractivity contribution in [2.45, 2.75) is 157 Å². The van der Waals surface area contributed by atoms with Crippen LogP contribution in [0, 0.1) is 47.9 Å². The summed E-state index contributed by atoms with van der Waals surface area (Å²) < 4.78 is 0. The number of unbranched alkanes of at least 4 members (excludes halogenated alkanes) is 4. The van der Waals surface area contributed by atoms with Gasteiger partial charge in [-0.25, -0.2) is 0 Å². The Morgan fingerprint density at radius 1 is 0.485 bits per heavy atom. The Bertz CT molecular complexity index is 2280. The maximum atomic E-state index is 12.3. The number of nitrogens with one attached hydrogen (secondary N) is 4. The maximum absolute atomic E-state index is 12.3. The van der Waals surface area contributed by atoms with Crippen LogP contribution in [0.5, 0.6) is 0 Å². The predicted molar refractivity (Wildman–Crippen MR) is 267 cm³/mol. The molecule has 1 aliphatic heterocycles. The highest BCUT2D eigenvalue weighted by molar-refractivity contribution is 5.57. The lowest BCUT2D eigenvalue weighted by atomic mass is 9.86. The SMILES string of the molecule is CCCCc1c2[nH]c(c1C)C(c1cccc([N+](=O)[O-])c1)c1[nH]c(c(CCCC)c1C)Cc1[nH]c(c(C)c1CCCC)C(c1cccc([N+](=O)[O-])c1)c1[nH]c(c(CCCC)c1C)C2.CO.CO. The van der Waals surface area contributed by atoms with Crippen LogP contribution in [0.25, 0.3) is 0 Å². The molecule has 6 aromatic rings. The zero-order chi connectivity index (χ0) is 48.2. The Hall–Kier alpha value is -5.72. The number of non-ortho nitro benzene ring substituents is 2. The highest BCUT2D eigenvalue weighted by Gasteiger charge is 2.34. The third kappa shape index (κ3) is 10.6. The van der Waals surface area contributed by atoms with Gasteiger partial charge in [-0.05, 0) is 135 Å². The second-order valence-corrected chi connectivity index (χ2v) is 17.8. The summed E-state index contributed by atoms with van der Waals surface area (Å²) in [4.78, 5) is 40.2. The fourth-order valence-corrected chi connectivity index (χ4v) is 10.4. The summed E-state index contributed by atoms with van der Waals surface area (Å²) in [6.07, 6.45) is 13.4. The van der Waals surface area contributed by atoms with Gasteiger partial charge < -0.3 is 30.1 Å². The Kier molecular flexibility index (Phi) is 18.4. The Morgan fingerprint density at radius 3 is 0.970 bits per heavy atom. The minimum atomic E-state index is -0.287. The second kappa shape index (κ2) is 23.6. The van der Waals surface area contributed by atoms with Crippen LogP contribution in [0.4, 0.5) is 11.4 Å². The number of rotatable bonds is 16. The van der Waals surface area contributed by atoms with E-state index in [2.05, 4.69) is 75.3 Å². The van der Waals surface area contributed by atoms with E-state index in [0.29, 0.717) is 12.8 Å². The number of aliphatic hydroxyl groups excluding tert-OH is 2. The molecule has 0 fully saturated rings. The van der Waals surface area contributed by atoms with Gasteiger partial charge in [0.15, 0.2) is 0 Å². The highest BCUT2D eigenvalue weighted by Crippen LogP contribution is 2.44. The van der Waals surface area contributed by atoms with Crippen molar-refractivity contribution in [1.82, 2.24) is 19.9 Å². The van der Waals surface area contributed by atoms with Gasteiger partial charge in [-0.3, -0.25) is 20.2 Å². The van der Waals surface area contributed by atoms with E-state index < -0.39 is 0 Å². The monoisotopic (exact) mass is 903 g/mol. The number of hydrogen-bond acceptors (Lipinski definition) is 6. The van der Waals surface area contributed by atoms with E-state index in [0.717, 1.165) is 125 Å². The third-order valence-electron chi connectivity index (χ3n) is 13.8. The van der Waals surface area contributed by atoms with Gasteiger partial charge in [0.25, 0.3) is 11.4 Å². The summed E-state index contributed by atoms with van der Waals surface area (Å²) >= 11 is 0. The van der Waals surface area contributed by atoms with Crippen LogP contribution in [0.1, 0.15) is 192 Å². The number of nitro groups is 2. The summed E-state index contributed by atoms with van der Waals surface area (Å²) in [5, 5.41) is 38.6. The first-order valence-corrected chi connectivity index (χ1v) is 24.1. The highest BCUT2D eigenvalue weighted by atomic mass is 16.6. The quantitative estimate of drug-likeness (QED) is 0.0413.